The molecule has 0 heterocycles. The van der Waals surface area contributed by atoms with Crippen molar-refractivity contribution in [1.82, 2.24) is 0 Å². The van der Waals surface area contributed by atoms with Gasteiger partial charge in [0.1, 0.15) is 30.6 Å². The second-order valence-electron chi connectivity index (χ2n) is 9.81. The first-order valence-corrected chi connectivity index (χ1v) is 13.8. The topological polar surface area (TPSA) is 55.8 Å². The van der Waals surface area contributed by atoms with E-state index in [2.05, 4.69) is 25.6 Å². The lowest BCUT2D eigenvalue weighted by atomic mass is 9.96. The van der Waals surface area contributed by atoms with E-state index in [0.29, 0.717) is 28.0 Å². The molecule has 0 amide bonds. The molecule has 41 heavy (non-hydrogen) atoms. The summed E-state index contributed by atoms with van der Waals surface area (Å²) >= 11 is 0. The number of aliphatic hydroxyl groups excluding tert-OH is 1. The van der Waals surface area contributed by atoms with Crippen LogP contribution in [0.3, 0.4) is 0 Å². The average molecular weight is 557 g/mol. The highest BCUT2D eigenvalue weighted by Gasteiger charge is 2.12. The SMILES string of the molecule is C=C(CO)C(=O)OCCOc1ccc(-c2ccc(-c3ccc(-c4ccc(CCCCC)cc4)cc3F)cc2F)cc1. The Morgan fingerprint density at radius 1 is 0.756 bits per heavy atom. The first-order valence-electron chi connectivity index (χ1n) is 13.8. The highest BCUT2D eigenvalue weighted by atomic mass is 19.1. The fourth-order valence-corrected chi connectivity index (χ4v) is 4.48. The quantitative estimate of drug-likeness (QED) is 0.103. The molecule has 4 rings (SSSR count). The van der Waals surface area contributed by atoms with Crippen LogP contribution in [-0.2, 0) is 16.0 Å². The molecule has 0 radical (unpaired) electrons. The summed E-state index contributed by atoms with van der Waals surface area (Å²) in [6.07, 6.45) is 4.61. The zero-order chi connectivity index (χ0) is 29.2. The van der Waals surface area contributed by atoms with Crippen LogP contribution in [0.5, 0.6) is 5.75 Å². The molecule has 0 aliphatic rings. The van der Waals surface area contributed by atoms with E-state index >= 15 is 8.78 Å². The first kappa shape index (κ1) is 29.7. The van der Waals surface area contributed by atoms with Gasteiger partial charge in [0.15, 0.2) is 0 Å². The van der Waals surface area contributed by atoms with Gasteiger partial charge in [-0.1, -0.05) is 87.0 Å². The number of benzene rings is 4. The summed E-state index contributed by atoms with van der Waals surface area (Å²) in [6, 6.07) is 24.8. The van der Waals surface area contributed by atoms with Crippen LogP contribution in [0.25, 0.3) is 33.4 Å². The predicted octanol–water partition coefficient (Wildman–Crippen LogP) is 8.17. The normalized spacial score (nSPS) is 10.8. The Morgan fingerprint density at radius 3 is 1.98 bits per heavy atom. The lowest BCUT2D eigenvalue weighted by Crippen LogP contribution is -2.14. The highest BCUT2D eigenvalue weighted by molar-refractivity contribution is 5.87. The number of halogens is 2. The number of aryl methyl sites for hydroxylation is 1. The van der Waals surface area contributed by atoms with Crippen LogP contribution in [0.2, 0.25) is 0 Å². The Labute approximate surface area is 239 Å². The third kappa shape index (κ3) is 7.89. The van der Waals surface area contributed by atoms with E-state index in [4.69, 9.17) is 14.6 Å². The zero-order valence-corrected chi connectivity index (χ0v) is 23.2. The highest BCUT2D eigenvalue weighted by Crippen LogP contribution is 2.32. The number of carbonyl (C=O) groups is 1. The summed E-state index contributed by atoms with van der Waals surface area (Å²) in [5.74, 6) is -1.02. The number of esters is 1. The van der Waals surface area contributed by atoms with Crippen LogP contribution >= 0.6 is 0 Å². The van der Waals surface area contributed by atoms with Gasteiger partial charge in [-0.05, 0) is 64.9 Å². The summed E-state index contributed by atoms with van der Waals surface area (Å²) in [6.45, 7) is 5.23. The van der Waals surface area contributed by atoms with Crippen molar-refractivity contribution in [2.75, 3.05) is 19.8 Å². The molecule has 0 unspecified atom stereocenters. The van der Waals surface area contributed by atoms with E-state index in [1.54, 1.807) is 42.5 Å². The summed E-state index contributed by atoms with van der Waals surface area (Å²) in [5.41, 5.74) is 4.79. The average Bonchev–Trinajstić information content (AvgIpc) is 2.99. The summed E-state index contributed by atoms with van der Waals surface area (Å²) in [5, 5.41) is 8.87. The molecular formula is C35H34F2O4. The van der Waals surface area contributed by atoms with Gasteiger partial charge in [-0.2, -0.15) is 0 Å². The van der Waals surface area contributed by atoms with Crippen LogP contribution in [0.4, 0.5) is 8.78 Å². The van der Waals surface area contributed by atoms with Gasteiger partial charge in [0, 0.05) is 11.1 Å². The maximum Gasteiger partial charge on any atom is 0.335 e. The first-order chi connectivity index (χ1) is 19.9. The van der Waals surface area contributed by atoms with E-state index in [0.717, 1.165) is 17.5 Å². The van der Waals surface area contributed by atoms with E-state index < -0.39 is 24.2 Å². The molecule has 4 aromatic rings. The molecule has 0 aliphatic heterocycles. The molecule has 4 nitrogen and oxygen atoms in total. The Morgan fingerprint density at radius 2 is 1.34 bits per heavy atom. The van der Waals surface area contributed by atoms with Crippen molar-refractivity contribution in [2.45, 2.75) is 32.6 Å². The summed E-state index contributed by atoms with van der Waals surface area (Å²) in [4.78, 5) is 11.5. The molecule has 0 spiro atoms. The van der Waals surface area contributed by atoms with Crippen molar-refractivity contribution < 1.29 is 28.2 Å². The van der Waals surface area contributed by atoms with Crippen LogP contribution in [0.1, 0.15) is 31.7 Å². The number of hydrogen-bond acceptors (Lipinski definition) is 4. The van der Waals surface area contributed by atoms with E-state index in [9.17, 15) is 4.79 Å². The van der Waals surface area contributed by atoms with Crippen molar-refractivity contribution in [2.24, 2.45) is 0 Å². The maximum absolute atomic E-state index is 15.2. The predicted molar refractivity (Wildman–Crippen MR) is 159 cm³/mol. The fourth-order valence-electron chi connectivity index (χ4n) is 4.48. The number of ether oxygens (including phenoxy) is 2. The molecule has 0 saturated heterocycles. The van der Waals surface area contributed by atoms with Gasteiger partial charge in [0.2, 0.25) is 0 Å². The molecule has 0 atom stereocenters. The lowest BCUT2D eigenvalue weighted by Gasteiger charge is -2.11. The van der Waals surface area contributed by atoms with Gasteiger partial charge in [-0.15, -0.1) is 0 Å². The number of rotatable bonds is 13. The largest absolute Gasteiger partial charge is 0.490 e. The molecule has 0 fully saturated rings. The van der Waals surface area contributed by atoms with Crippen molar-refractivity contribution in [1.29, 1.82) is 0 Å². The van der Waals surface area contributed by atoms with E-state index in [1.807, 2.05) is 18.2 Å². The fraction of sp³-hybridized carbons (Fsp3) is 0.229. The van der Waals surface area contributed by atoms with Gasteiger partial charge in [0.05, 0.1) is 12.2 Å². The van der Waals surface area contributed by atoms with Crippen molar-refractivity contribution in [3.8, 4) is 39.1 Å². The van der Waals surface area contributed by atoms with Crippen molar-refractivity contribution in [3.63, 3.8) is 0 Å². The minimum Gasteiger partial charge on any atom is -0.490 e. The minimum absolute atomic E-state index is 0.00135. The molecule has 212 valence electrons. The third-order valence-electron chi connectivity index (χ3n) is 6.84. The van der Waals surface area contributed by atoms with Crippen LogP contribution in [-0.4, -0.2) is 30.9 Å². The maximum atomic E-state index is 15.2. The van der Waals surface area contributed by atoms with Crippen LogP contribution in [0, 0.1) is 11.6 Å². The van der Waals surface area contributed by atoms with Gasteiger partial charge in [-0.3, -0.25) is 0 Å². The lowest BCUT2D eigenvalue weighted by molar-refractivity contribution is -0.140. The molecular weight excluding hydrogens is 522 g/mol. The number of hydrogen-bond donors (Lipinski definition) is 1. The van der Waals surface area contributed by atoms with Crippen molar-refractivity contribution >= 4 is 5.97 Å². The number of aliphatic hydroxyl groups is 1. The molecule has 0 aliphatic carbocycles. The summed E-state index contributed by atoms with van der Waals surface area (Å²) < 4.78 is 40.8. The monoisotopic (exact) mass is 556 g/mol. The molecule has 0 saturated carbocycles. The summed E-state index contributed by atoms with van der Waals surface area (Å²) in [7, 11) is 0. The van der Waals surface area contributed by atoms with Crippen LogP contribution in [0.15, 0.2) is 97.1 Å². The molecule has 0 aromatic heterocycles. The third-order valence-corrected chi connectivity index (χ3v) is 6.84. The minimum atomic E-state index is -0.677. The molecule has 6 heteroatoms. The standard InChI is InChI=1S/C35H34F2O4/c1-3-4-5-6-25-7-9-26(10-8-25)28-13-17-32(33(36)21-28)29-14-18-31(34(37)22-29)27-11-15-30(16-12-27)40-19-20-41-35(39)24(2)23-38/h7-18,21-22,38H,2-6,19-20,23H2,1H3. The zero-order valence-electron chi connectivity index (χ0n) is 23.2. The van der Waals surface area contributed by atoms with Crippen molar-refractivity contribution in [3.05, 3.63) is 114 Å². The molecule has 0 bridgehead atoms. The second-order valence-corrected chi connectivity index (χ2v) is 9.81. The van der Waals surface area contributed by atoms with Gasteiger partial charge in [-0.25, -0.2) is 13.6 Å². The number of carbonyl (C=O) groups excluding carboxylic acids is 1. The molecule has 1 N–H and O–H groups in total. The Hall–Kier alpha value is -4.29. The second kappa shape index (κ2) is 14.4. The Kier molecular flexibility index (Phi) is 10.4. The Bertz CT molecular complexity index is 1480. The number of unbranched alkanes of at least 4 members (excludes halogenated alkanes) is 2. The van der Waals surface area contributed by atoms with E-state index in [-0.39, 0.29) is 18.8 Å². The van der Waals surface area contributed by atoms with E-state index in [1.165, 1.54) is 37.0 Å². The molecule has 4 aromatic carbocycles. The Balaban J connectivity index is 1.39. The van der Waals surface area contributed by atoms with Gasteiger partial charge < -0.3 is 14.6 Å². The smallest absolute Gasteiger partial charge is 0.335 e. The van der Waals surface area contributed by atoms with Gasteiger partial charge >= 0.3 is 5.97 Å². The van der Waals surface area contributed by atoms with Gasteiger partial charge in [0.25, 0.3) is 0 Å². The van der Waals surface area contributed by atoms with Crippen LogP contribution < -0.4 is 4.74 Å².